The van der Waals surface area contributed by atoms with Crippen molar-refractivity contribution in [1.82, 2.24) is 9.80 Å². The molecule has 0 aliphatic heterocycles. The number of likely N-dealkylation sites (N-methyl/N-ethyl adjacent to an activating group) is 2. The SMILES string of the molecule is CN(C)[C@@H](c1ccccc1)[C@H](c1ccccc1)N(C)C(O)/C=C/c1ccccc1. The van der Waals surface area contributed by atoms with Gasteiger partial charge in [-0.3, -0.25) is 4.90 Å². The van der Waals surface area contributed by atoms with Crippen LogP contribution in [-0.2, 0) is 0 Å². The fourth-order valence-electron chi connectivity index (χ4n) is 3.77. The van der Waals surface area contributed by atoms with Gasteiger partial charge >= 0.3 is 0 Å². The monoisotopic (exact) mass is 386 g/mol. The van der Waals surface area contributed by atoms with Crippen LogP contribution in [0.2, 0.25) is 0 Å². The third kappa shape index (κ3) is 5.42. The van der Waals surface area contributed by atoms with Crippen molar-refractivity contribution in [3.8, 4) is 0 Å². The minimum Gasteiger partial charge on any atom is -0.375 e. The molecule has 1 unspecified atom stereocenters. The van der Waals surface area contributed by atoms with E-state index in [0.29, 0.717) is 0 Å². The van der Waals surface area contributed by atoms with Crippen molar-refractivity contribution in [2.24, 2.45) is 0 Å². The van der Waals surface area contributed by atoms with Gasteiger partial charge in [0.25, 0.3) is 0 Å². The van der Waals surface area contributed by atoms with Crippen molar-refractivity contribution >= 4 is 6.08 Å². The maximum absolute atomic E-state index is 11.0. The summed E-state index contributed by atoms with van der Waals surface area (Å²) < 4.78 is 0. The van der Waals surface area contributed by atoms with Gasteiger partial charge < -0.3 is 10.0 Å². The highest BCUT2D eigenvalue weighted by Crippen LogP contribution is 2.37. The average molecular weight is 387 g/mol. The van der Waals surface area contributed by atoms with Gasteiger partial charge in [-0.2, -0.15) is 0 Å². The van der Waals surface area contributed by atoms with Crippen molar-refractivity contribution in [2.75, 3.05) is 21.1 Å². The second-order valence-electron chi connectivity index (χ2n) is 7.52. The molecule has 29 heavy (non-hydrogen) atoms. The lowest BCUT2D eigenvalue weighted by Crippen LogP contribution is -2.41. The van der Waals surface area contributed by atoms with Gasteiger partial charge in [0.2, 0.25) is 0 Å². The van der Waals surface area contributed by atoms with Crippen LogP contribution < -0.4 is 0 Å². The second kappa shape index (κ2) is 10.2. The van der Waals surface area contributed by atoms with E-state index in [1.165, 1.54) is 11.1 Å². The van der Waals surface area contributed by atoms with Crippen LogP contribution in [-0.4, -0.2) is 42.3 Å². The summed E-state index contributed by atoms with van der Waals surface area (Å²) in [5.74, 6) is 0. The van der Waals surface area contributed by atoms with Gasteiger partial charge in [-0.1, -0.05) is 97.1 Å². The van der Waals surface area contributed by atoms with Gasteiger partial charge in [-0.25, -0.2) is 0 Å². The third-order valence-corrected chi connectivity index (χ3v) is 5.25. The summed E-state index contributed by atoms with van der Waals surface area (Å²) in [5.41, 5.74) is 3.46. The van der Waals surface area contributed by atoms with Crippen LogP contribution in [0.5, 0.6) is 0 Å². The number of aliphatic hydroxyl groups is 1. The van der Waals surface area contributed by atoms with Gasteiger partial charge in [0, 0.05) is 0 Å². The van der Waals surface area contributed by atoms with Crippen molar-refractivity contribution in [2.45, 2.75) is 18.3 Å². The number of hydrogen-bond donors (Lipinski definition) is 1. The molecule has 3 aromatic rings. The minimum atomic E-state index is -0.716. The molecular weight excluding hydrogens is 356 g/mol. The molecule has 150 valence electrons. The Kier molecular flexibility index (Phi) is 7.36. The molecule has 0 aliphatic rings. The lowest BCUT2D eigenvalue weighted by molar-refractivity contribution is 0.00116. The Morgan fingerprint density at radius 2 is 1.10 bits per heavy atom. The molecule has 0 amide bonds. The zero-order valence-electron chi connectivity index (χ0n) is 17.4. The Bertz CT molecular complexity index is 878. The Hall–Kier alpha value is -2.72. The lowest BCUT2D eigenvalue weighted by atomic mass is 9.91. The largest absolute Gasteiger partial charge is 0.375 e. The number of aliphatic hydroxyl groups excluding tert-OH is 1. The van der Waals surface area contributed by atoms with Gasteiger partial charge in [0.15, 0.2) is 0 Å². The van der Waals surface area contributed by atoms with Gasteiger partial charge in [0.05, 0.1) is 12.1 Å². The van der Waals surface area contributed by atoms with Crippen LogP contribution in [0.25, 0.3) is 6.08 Å². The molecule has 3 rings (SSSR count). The zero-order valence-corrected chi connectivity index (χ0v) is 17.4. The van der Waals surface area contributed by atoms with E-state index in [9.17, 15) is 5.11 Å². The Labute approximate surface area is 174 Å². The zero-order chi connectivity index (χ0) is 20.6. The molecule has 0 heterocycles. The highest BCUT2D eigenvalue weighted by atomic mass is 16.3. The first-order chi connectivity index (χ1) is 14.1. The molecule has 3 atom stereocenters. The van der Waals surface area contributed by atoms with E-state index in [2.05, 4.69) is 67.5 Å². The first kappa shape index (κ1) is 21.0. The molecule has 0 spiro atoms. The van der Waals surface area contributed by atoms with E-state index in [1.54, 1.807) is 0 Å². The summed E-state index contributed by atoms with van der Waals surface area (Å²) in [6.07, 6.45) is 3.10. The van der Waals surface area contributed by atoms with Gasteiger partial charge in [0.1, 0.15) is 6.23 Å². The summed E-state index contributed by atoms with van der Waals surface area (Å²) in [6, 6.07) is 31.0. The van der Waals surface area contributed by atoms with E-state index >= 15 is 0 Å². The summed E-state index contributed by atoms with van der Waals surface area (Å²) in [6.45, 7) is 0. The molecule has 0 radical (unpaired) electrons. The minimum absolute atomic E-state index is 0.0241. The normalized spacial score (nSPS) is 15.0. The Morgan fingerprint density at radius 3 is 1.59 bits per heavy atom. The van der Waals surface area contributed by atoms with E-state index in [4.69, 9.17) is 0 Å². The first-order valence-electron chi connectivity index (χ1n) is 9.97. The predicted molar refractivity (Wildman–Crippen MR) is 121 cm³/mol. The molecule has 3 heteroatoms. The molecule has 0 aliphatic carbocycles. The quantitative estimate of drug-likeness (QED) is 0.552. The fraction of sp³-hybridized carbons (Fsp3) is 0.231. The number of rotatable bonds is 8. The number of nitrogens with zero attached hydrogens (tertiary/aromatic N) is 2. The average Bonchev–Trinajstić information content (AvgIpc) is 2.77. The highest BCUT2D eigenvalue weighted by Gasteiger charge is 2.32. The van der Waals surface area contributed by atoms with Gasteiger partial charge in [-0.05, 0) is 43.9 Å². The molecule has 3 nitrogen and oxygen atoms in total. The second-order valence-corrected chi connectivity index (χ2v) is 7.52. The molecular formula is C26H30N2O. The van der Waals surface area contributed by atoms with Crippen LogP contribution >= 0.6 is 0 Å². The van der Waals surface area contributed by atoms with Crippen molar-refractivity contribution in [3.63, 3.8) is 0 Å². The molecule has 0 aromatic heterocycles. The lowest BCUT2D eigenvalue weighted by Gasteiger charge is -2.40. The highest BCUT2D eigenvalue weighted by molar-refractivity contribution is 5.49. The summed E-state index contributed by atoms with van der Waals surface area (Å²) in [7, 11) is 6.17. The van der Waals surface area contributed by atoms with Crippen LogP contribution in [0.1, 0.15) is 28.8 Å². The van der Waals surface area contributed by atoms with Crippen molar-refractivity contribution in [3.05, 3.63) is 114 Å². The van der Waals surface area contributed by atoms with Crippen LogP contribution in [0.3, 0.4) is 0 Å². The van der Waals surface area contributed by atoms with E-state index in [1.807, 2.05) is 66.6 Å². The topological polar surface area (TPSA) is 26.7 Å². The van der Waals surface area contributed by atoms with E-state index in [-0.39, 0.29) is 12.1 Å². The molecule has 0 bridgehead atoms. The maximum atomic E-state index is 11.0. The molecule has 0 fully saturated rings. The fourth-order valence-corrected chi connectivity index (χ4v) is 3.77. The van der Waals surface area contributed by atoms with Gasteiger partial charge in [-0.15, -0.1) is 0 Å². The summed E-state index contributed by atoms with van der Waals surface area (Å²) >= 11 is 0. The standard InChI is InChI=1S/C26H30N2O/c1-27(2)25(22-15-9-5-10-16-22)26(23-17-11-6-12-18-23)28(3)24(29)20-19-21-13-7-4-8-14-21/h4-20,24-26,29H,1-3H3/b20-19+/t24?,25-,26-/m0/s1. The van der Waals surface area contributed by atoms with E-state index in [0.717, 1.165) is 5.56 Å². The Balaban J connectivity index is 1.95. The number of benzene rings is 3. The number of hydrogen-bond acceptors (Lipinski definition) is 3. The molecule has 1 N–H and O–H groups in total. The first-order valence-corrected chi connectivity index (χ1v) is 9.97. The van der Waals surface area contributed by atoms with E-state index < -0.39 is 6.23 Å². The molecule has 0 saturated carbocycles. The van der Waals surface area contributed by atoms with Crippen LogP contribution in [0, 0.1) is 0 Å². The van der Waals surface area contributed by atoms with Crippen LogP contribution in [0.15, 0.2) is 97.1 Å². The predicted octanol–water partition coefficient (Wildman–Crippen LogP) is 4.99. The Morgan fingerprint density at radius 1 is 0.655 bits per heavy atom. The molecule has 3 aromatic carbocycles. The van der Waals surface area contributed by atoms with Crippen molar-refractivity contribution in [1.29, 1.82) is 0 Å². The third-order valence-electron chi connectivity index (χ3n) is 5.25. The van der Waals surface area contributed by atoms with Crippen molar-refractivity contribution < 1.29 is 5.11 Å². The summed E-state index contributed by atoms with van der Waals surface area (Å²) in [4.78, 5) is 4.25. The molecule has 0 saturated heterocycles. The van der Waals surface area contributed by atoms with Crippen LogP contribution in [0.4, 0.5) is 0 Å². The maximum Gasteiger partial charge on any atom is 0.127 e. The smallest absolute Gasteiger partial charge is 0.127 e. The summed E-state index contributed by atoms with van der Waals surface area (Å²) in [5, 5.41) is 11.0.